The molecule has 5 heteroatoms. The number of methoxy groups -OCH3 is 1. The van der Waals surface area contributed by atoms with E-state index in [4.69, 9.17) is 9.47 Å². The predicted molar refractivity (Wildman–Crippen MR) is 78.6 cm³/mol. The number of nitrogens with zero attached hydrogens (tertiary/aromatic N) is 1. The van der Waals surface area contributed by atoms with E-state index < -0.39 is 0 Å². The molecule has 110 valence electrons. The minimum absolute atomic E-state index is 0.146. The molecular formula is C15H21NO4. The van der Waals surface area contributed by atoms with Crippen molar-refractivity contribution in [3.63, 3.8) is 0 Å². The lowest BCUT2D eigenvalue weighted by Crippen LogP contribution is -2.05. The highest BCUT2D eigenvalue weighted by atomic mass is 16.6. The maximum Gasteiger partial charge on any atom is 0.249 e. The van der Waals surface area contributed by atoms with Gasteiger partial charge in [-0.15, -0.1) is 0 Å². The minimum atomic E-state index is -0.346. The molecule has 0 aliphatic rings. The second kappa shape index (κ2) is 7.53. The topological polar surface area (TPSA) is 61.6 Å². The summed E-state index contributed by atoms with van der Waals surface area (Å²) in [6, 6.07) is 5.30. The van der Waals surface area contributed by atoms with Gasteiger partial charge in [0, 0.05) is 12.0 Å². The quantitative estimate of drug-likeness (QED) is 0.563. The van der Waals surface area contributed by atoms with E-state index in [-0.39, 0.29) is 16.5 Å². The van der Waals surface area contributed by atoms with Gasteiger partial charge in [0.1, 0.15) is 0 Å². The molecule has 0 N–H and O–H groups in total. The Morgan fingerprint density at radius 2 is 2.10 bits per heavy atom. The van der Waals surface area contributed by atoms with Crippen LogP contribution in [0.25, 0.3) is 6.08 Å². The fraction of sp³-hybridized carbons (Fsp3) is 0.467. The van der Waals surface area contributed by atoms with Crippen molar-refractivity contribution in [2.24, 2.45) is 5.92 Å². The Labute approximate surface area is 119 Å². The van der Waals surface area contributed by atoms with Crippen molar-refractivity contribution in [2.75, 3.05) is 13.7 Å². The molecule has 0 fully saturated rings. The summed E-state index contributed by atoms with van der Waals surface area (Å²) in [6.07, 6.45) is 2.46. The number of benzene rings is 1. The van der Waals surface area contributed by atoms with E-state index >= 15 is 0 Å². The molecule has 0 spiro atoms. The van der Waals surface area contributed by atoms with Gasteiger partial charge < -0.3 is 9.47 Å². The number of ether oxygens (including phenoxy) is 2. The molecule has 0 bridgehead atoms. The number of hydrogen-bond donors (Lipinski definition) is 0. The molecule has 0 saturated heterocycles. The summed E-state index contributed by atoms with van der Waals surface area (Å²) in [6.45, 7) is 6.19. The lowest BCUT2D eigenvalue weighted by molar-refractivity contribution is -0.431. The maximum atomic E-state index is 11.0. The molecule has 0 saturated carbocycles. The molecule has 5 nitrogen and oxygen atoms in total. The summed E-state index contributed by atoms with van der Waals surface area (Å²) in [7, 11) is 1.57. The summed E-state index contributed by atoms with van der Waals surface area (Å²) >= 11 is 0. The van der Waals surface area contributed by atoms with Crippen LogP contribution >= 0.6 is 0 Å². The van der Waals surface area contributed by atoms with Gasteiger partial charge in [-0.1, -0.05) is 26.8 Å². The zero-order valence-corrected chi connectivity index (χ0v) is 12.4. The molecular weight excluding hydrogens is 258 g/mol. The fourth-order valence-electron chi connectivity index (χ4n) is 1.71. The zero-order valence-electron chi connectivity index (χ0n) is 12.4. The third-order valence-electron chi connectivity index (χ3n) is 2.77. The predicted octanol–water partition coefficient (Wildman–Crippen LogP) is 3.76. The normalized spacial score (nSPS) is 11.6. The molecule has 0 amide bonds. The second-order valence-electron chi connectivity index (χ2n) is 4.74. The van der Waals surface area contributed by atoms with Crippen molar-refractivity contribution >= 4 is 6.08 Å². The van der Waals surface area contributed by atoms with E-state index in [0.717, 1.165) is 12.0 Å². The molecule has 20 heavy (non-hydrogen) atoms. The van der Waals surface area contributed by atoms with Gasteiger partial charge in [-0.3, -0.25) is 10.1 Å². The first kappa shape index (κ1) is 16.0. The first-order valence-electron chi connectivity index (χ1n) is 6.66. The van der Waals surface area contributed by atoms with E-state index in [1.165, 1.54) is 0 Å². The highest BCUT2D eigenvalue weighted by Crippen LogP contribution is 2.29. The number of nitro groups is 1. The maximum absolute atomic E-state index is 11.0. The molecule has 1 rings (SSSR count). The SMILES string of the molecule is CCCOc1cc(/C=C(/C(C)C)[N+](=O)[O-])ccc1OC. The Morgan fingerprint density at radius 1 is 1.40 bits per heavy atom. The monoisotopic (exact) mass is 279 g/mol. The number of hydrogen-bond acceptors (Lipinski definition) is 4. The van der Waals surface area contributed by atoms with Crippen LogP contribution in [0.1, 0.15) is 32.8 Å². The molecule has 0 radical (unpaired) electrons. The molecule has 0 heterocycles. The molecule has 0 aliphatic heterocycles. The van der Waals surface area contributed by atoms with Gasteiger partial charge >= 0.3 is 0 Å². The Balaban J connectivity index is 3.13. The molecule has 0 aromatic heterocycles. The number of allylic oxidation sites excluding steroid dienone is 1. The Morgan fingerprint density at radius 3 is 2.60 bits per heavy atom. The summed E-state index contributed by atoms with van der Waals surface area (Å²) in [5, 5.41) is 11.0. The summed E-state index contributed by atoms with van der Waals surface area (Å²) in [5.41, 5.74) is 0.911. The van der Waals surface area contributed by atoms with Crippen LogP contribution in [0.4, 0.5) is 0 Å². The highest BCUT2D eigenvalue weighted by Gasteiger charge is 2.16. The van der Waals surface area contributed by atoms with Gasteiger partial charge in [0.2, 0.25) is 5.70 Å². The first-order chi connectivity index (χ1) is 9.49. The largest absolute Gasteiger partial charge is 0.493 e. The Hall–Kier alpha value is -2.04. The van der Waals surface area contributed by atoms with Gasteiger partial charge in [0.05, 0.1) is 18.6 Å². The molecule has 1 aromatic rings. The van der Waals surface area contributed by atoms with Crippen molar-refractivity contribution in [2.45, 2.75) is 27.2 Å². The lowest BCUT2D eigenvalue weighted by atomic mass is 10.1. The average molecular weight is 279 g/mol. The van der Waals surface area contributed by atoms with Crippen LogP contribution in [0.2, 0.25) is 0 Å². The van der Waals surface area contributed by atoms with Crippen LogP contribution in [0.5, 0.6) is 11.5 Å². The number of rotatable bonds is 7. The van der Waals surface area contributed by atoms with E-state index in [1.807, 2.05) is 6.92 Å². The third kappa shape index (κ3) is 4.26. The molecule has 0 unspecified atom stereocenters. The Kier molecular flexibility index (Phi) is 6.03. The van der Waals surface area contributed by atoms with Crippen molar-refractivity contribution in [3.05, 3.63) is 39.6 Å². The smallest absolute Gasteiger partial charge is 0.249 e. The minimum Gasteiger partial charge on any atom is -0.493 e. The van der Waals surface area contributed by atoms with Crippen molar-refractivity contribution < 1.29 is 14.4 Å². The first-order valence-corrected chi connectivity index (χ1v) is 6.66. The van der Waals surface area contributed by atoms with Crippen LogP contribution in [-0.2, 0) is 0 Å². The van der Waals surface area contributed by atoms with Crippen LogP contribution in [0.3, 0.4) is 0 Å². The van der Waals surface area contributed by atoms with Gasteiger partial charge in [0.25, 0.3) is 0 Å². The lowest BCUT2D eigenvalue weighted by Gasteiger charge is -2.11. The van der Waals surface area contributed by atoms with Gasteiger partial charge in [-0.2, -0.15) is 0 Å². The van der Waals surface area contributed by atoms with Gasteiger partial charge in [-0.25, -0.2) is 0 Å². The van der Waals surface area contributed by atoms with Crippen molar-refractivity contribution in [3.8, 4) is 11.5 Å². The molecule has 1 aromatic carbocycles. The summed E-state index contributed by atoms with van der Waals surface area (Å²) < 4.78 is 10.8. The van der Waals surface area contributed by atoms with Crippen LogP contribution in [0, 0.1) is 16.0 Å². The van der Waals surface area contributed by atoms with E-state index in [2.05, 4.69) is 0 Å². The summed E-state index contributed by atoms with van der Waals surface area (Å²) in [4.78, 5) is 10.7. The van der Waals surface area contributed by atoms with Gasteiger partial charge in [0.15, 0.2) is 11.5 Å². The molecule has 0 aliphatic carbocycles. The van der Waals surface area contributed by atoms with Gasteiger partial charge in [-0.05, 0) is 24.1 Å². The van der Waals surface area contributed by atoms with Crippen LogP contribution < -0.4 is 9.47 Å². The van der Waals surface area contributed by atoms with Crippen LogP contribution in [-0.4, -0.2) is 18.6 Å². The Bertz CT molecular complexity index is 495. The highest BCUT2D eigenvalue weighted by molar-refractivity contribution is 5.57. The van der Waals surface area contributed by atoms with Crippen molar-refractivity contribution in [1.29, 1.82) is 0 Å². The zero-order chi connectivity index (χ0) is 15.1. The van der Waals surface area contributed by atoms with Crippen molar-refractivity contribution in [1.82, 2.24) is 0 Å². The van der Waals surface area contributed by atoms with E-state index in [1.54, 1.807) is 45.2 Å². The molecule has 0 atom stereocenters. The van der Waals surface area contributed by atoms with E-state index in [0.29, 0.717) is 18.1 Å². The fourth-order valence-corrected chi connectivity index (χ4v) is 1.71. The average Bonchev–Trinajstić information content (AvgIpc) is 2.41. The van der Waals surface area contributed by atoms with Crippen LogP contribution in [0.15, 0.2) is 23.9 Å². The van der Waals surface area contributed by atoms with E-state index in [9.17, 15) is 10.1 Å². The second-order valence-corrected chi connectivity index (χ2v) is 4.74. The standard InChI is InChI=1S/C15H21NO4/c1-5-8-20-15-10-12(6-7-14(15)19-4)9-13(11(2)3)16(17)18/h6-7,9-11H,5,8H2,1-4H3/b13-9-. The third-order valence-corrected chi connectivity index (χ3v) is 2.77. The summed E-state index contributed by atoms with van der Waals surface area (Å²) in [5.74, 6) is 1.09.